The first-order chi connectivity index (χ1) is 15.2. The maximum atomic E-state index is 14.0. The zero-order valence-corrected chi connectivity index (χ0v) is 18.4. The summed E-state index contributed by atoms with van der Waals surface area (Å²) in [4.78, 5) is 12.7. The third-order valence-electron chi connectivity index (χ3n) is 5.78. The highest BCUT2D eigenvalue weighted by molar-refractivity contribution is 8.14. The minimum Gasteiger partial charge on any atom is -0.425 e. The maximum Gasteiger partial charge on any atom is 0.461 e. The number of alkyl halides is 4. The molecule has 2 nitrogen and oxygen atoms in total. The molecule has 1 fully saturated rings. The Labute approximate surface area is 188 Å². The molecule has 0 aliphatic heterocycles. The van der Waals surface area contributed by atoms with Gasteiger partial charge in [0.2, 0.25) is 5.12 Å². The second-order valence-corrected chi connectivity index (χ2v) is 9.12. The second kappa shape index (κ2) is 10.7. The summed E-state index contributed by atoms with van der Waals surface area (Å²) in [5, 5.41) is -0.339. The Hall–Kier alpha value is -2.09. The van der Waals surface area contributed by atoms with Crippen LogP contribution in [-0.4, -0.2) is 17.6 Å². The smallest absolute Gasteiger partial charge is 0.425 e. The van der Waals surface area contributed by atoms with Gasteiger partial charge in [-0.15, -0.1) is 0 Å². The van der Waals surface area contributed by atoms with Crippen LogP contribution in [0.3, 0.4) is 0 Å². The van der Waals surface area contributed by atoms with E-state index in [4.69, 9.17) is 0 Å². The predicted molar refractivity (Wildman–Crippen MR) is 114 cm³/mol. The Kier molecular flexibility index (Phi) is 8.20. The molecule has 1 aliphatic rings. The van der Waals surface area contributed by atoms with E-state index in [0.717, 1.165) is 42.7 Å². The Morgan fingerprint density at radius 3 is 2.31 bits per heavy atom. The third-order valence-corrected chi connectivity index (χ3v) is 6.69. The number of carbonyl (C=O) groups excluding carboxylic acids is 1. The molecule has 174 valence electrons. The van der Waals surface area contributed by atoms with Crippen LogP contribution >= 0.6 is 11.8 Å². The van der Waals surface area contributed by atoms with Crippen molar-refractivity contribution in [1.82, 2.24) is 0 Å². The van der Waals surface area contributed by atoms with Crippen LogP contribution in [0.1, 0.15) is 67.3 Å². The number of benzene rings is 2. The van der Waals surface area contributed by atoms with E-state index in [1.54, 1.807) is 12.1 Å². The van der Waals surface area contributed by atoms with E-state index in [-0.39, 0.29) is 10.0 Å². The number of hydrogen-bond donors (Lipinski definition) is 0. The van der Waals surface area contributed by atoms with Crippen molar-refractivity contribution < 1.29 is 31.5 Å². The molecule has 0 spiro atoms. The predicted octanol–water partition coefficient (Wildman–Crippen LogP) is 8.07. The summed E-state index contributed by atoms with van der Waals surface area (Å²) in [5.74, 6) is -0.956. The van der Waals surface area contributed by atoms with Crippen molar-refractivity contribution in [3.05, 3.63) is 59.4 Å². The summed E-state index contributed by atoms with van der Waals surface area (Å²) in [7, 11) is 0. The number of carbonyl (C=O) groups is 1. The van der Waals surface area contributed by atoms with Crippen LogP contribution in [0, 0.1) is 11.7 Å². The Bertz CT molecular complexity index is 909. The van der Waals surface area contributed by atoms with E-state index >= 15 is 0 Å². The van der Waals surface area contributed by atoms with Crippen LogP contribution in [-0.2, 0) is 0 Å². The minimum atomic E-state index is -4.80. The van der Waals surface area contributed by atoms with Gasteiger partial charge in [-0.25, -0.2) is 4.39 Å². The first-order valence-corrected chi connectivity index (χ1v) is 11.5. The van der Waals surface area contributed by atoms with Gasteiger partial charge >= 0.3 is 12.5 Å². The van der Waals surface area contributed by atoms with E-state index < -0.39 is 24.1 Å². The van der Waals surface area contributed by atoms with Crippen LogP contribution in [0.2, 0.25) is 0 Å². The summed E-state index contributed by atoms with van der Waals surface area (Å²) in [5.41, 5.74) is 1.64. The van der Waals surface area contributed by atoms with E-state index in [9.17, 15) is 26.7 Å². The maximum absolute atomic E-state index is 14.0. The standard InChI is InChI=1S/C24H25F5O2S/c1-2-3-15-4-6-16(7-5-15)17-8-10-18(11-9-17)22(30)32-19-12-13-21(20(25)14-19)31-24(28,29)23(26)27/h8-16,23H,2-7H2,1H3. The largest absolute Gasteiger partial charge is 0.461 e. The normalized spacial score (nSPS) is 19.2. The van der Waals surface area contributed by atoms with Crippen molar-refractivity contribution in [3.63, 3.8) is 0 Å². The zero-order valence-electron chi connectivity index (χ0n) is 17.6. The summed E-state index contributed by atoms with van der Waals surface area (Å²) < 4.78 is 68.2. The number of hydrogen-bond acceptors (Lipinski definition) is 3. The van der Waals surface area contributed by atoms with Crippen molar-refractivity contribution >= 4 is 16.9 Å². The van der Waals surface area contributed by atoms with Gasteiger partial charge in [-0.3, -0.25) is 4.79 Å². The quantitative estimate of drug-likeness (QED) is 0.287. The molecular formula is C24H25F5O2S. The molecule has 1 aliphatic carbocycles. The number of ether oxygens (including phenoxy) is 1. The van der Waals surface area contributed by atoms with Crippen molar-refractivity contribution in [2.75, 3.05) is 0 Å². The van der Waals surface area contributed by atoms with Gasteiger partial charge in [-0.2, -0.15) is 17.6 Å². The van der Waals surface area contributed by atoms with Gasteiger partial charge in [0.05, 0.1) is 0 Å². The highest BCUT2D eigenvalue weighted by Crippen LogP contribution is 2.38. The van der Waals surface area contributed by atoms with Gasteiger partial charge in [0.15, 0.2) is 11.6 Å². The molecule has 0 radical (unpaired) electrons. The van der Waals surface area contributed by atoms with E-state index in [0.29, 0.717) is 11.5 Å². The molecule has 0 bridgehead atoms. The lowest BCUT2D eigenvalue weighted by atomic mass is 9.77. The average Bonchev–Trinajstić information content (AvgIpc) is 2.76. The molecule has 0 atom stereocenters. The fraction of sp³-hybridized carbons (Fsp3) is 0.458. The molecule has 0 heterocycles. The molecule has 0 amide bonds. The van der Waals surface area contributed by atoms with Crippen molar-refractivity contribution in [2.24, 2.45) is 5.92 Å². The van der Waals surface area contributed by atoms with Crippen molar-refractivity contribution in [1.29, 1.82) is 0 Å². The number of rotatable bonds is 8. The van der Waals surface area contributed by atoms with E-state index in [1.807, 2.05) is 12.1 Å². The molecule has 2 aromatic carbocycles. The fourth-order valence-electron chi connectivity index (χ4n) is 4.07. The molecule has 0 unspecified atom stereocenters. The molecule has 3 rings (SSSR count). The van der Waals surface area contributed by atoms with Gasteiger partial charge in [0.1, 0.15) is 0 Å². The van der Waals surface area contributed by atoms with Crippen LogP contribution in [0.5, 0.6) is 5.75 Å². The van der Waals surface area contributed by atoms with Crippen LogP contribution in [0.25, 0.3) is 0 Å². The van der Waals surface area contributed by atoms with Gasteiger partial charge in [-0.05, 0) is 73.0 Å². The highest BCUT2D eigenvalue weighted by atomic mass is 32.2. The first kappa shape index (κ1) is 24.6. The molecule has 0 saturated heterocycles. The molecule has 2 aromatic rings. The summed E-state index contributed by atoms with van der Waals surface area (Å²) in [6.45, 7) is 2.21. The van der Waals surface area contributed by atoms with E-state index in [1.165, 1.54) is 37.3 Å². The summed E-state index contributed by atoms with van der Waals surface area (Å²) in [6.07, 6.45) is -1.66. The van der Waals surface area contributed by atoms with Gasteiger partial charge in [0.25, 0.3) is 0 Å². The van der Waals surface area contributed by atoms with Crippen LogP contribution < -0.4 is 4.74 Å². The number of halogens is 5. The lowest BCUT2D eigenvalue weighted by Crippen LogP contribution is -2.33. The minimum absolute atomic E-state index is 0.151. The summed E-state index contributed by atoms with van der Waals surface area (Å²) >= 11 is 0.721. The Morgan fingerprint density at radius 1 is 1.09 bits per heavy atom. The molecular weight excluding hydrogens is 447 g/mol. The van der Waals surface area contributed by atoms with Crippen molar-refractivity contribution in [3.8, 4) is 5.75 Å². The zero-order chi connectivity index (χ0) is 23.3. The topological polar surface area (TPSA) is 26.3 Å². The monoisotopic (exact) mass is 472 g/mol. The first-order valence-electron chi connectivity index (χ1n) is 10.7. The lowest BCUT2D eigenvalue weighted by molar-refractivity contribution is -0.254. The second-order valence-electron chi connectivity index (χ2n) is 8.07. The average molecular weight is 473 g/mol. The fourth-order valence-corrected chi connectivity index (χ4v) is 4.84. The van der Waals surface area contributed by atoms with Gasteiger partial charge in [-0.1, -0.05) is 44.0 Å². The molecule has 0 aromatic heterocycles. The number of thioether (sulfide) groups is 1. The van der Waals surface area contributed by atoms with Crippen molar-refractivity contribution in [2.45, 2.75) is 68.8 Å². The van der Waals surface area contributed by atoms with Gasteiger partial charge in [0, 0.05) is 10.5 Å². The SMILES string of the molecule is CCCC1CCC(c2ccc(C(=O)Sc3ccc(OC(F)(F)C(F)F)c(F)c3)cc2)CC1. The highest BCUT2D eigenvalue weighted by Gasteiger charge is 2.44. The van der Waals surface area contributed by atoms with Crippen LogP contribution in [0.15, 0.2) is 47.4 Å². The third kappa shape index (κ3) is 6.24. The molecule has 8 heteroatoms. The molecule has 32 heavy (non-hydrogen) atoms. The van der Waals surface area contributed by atoms with E-state index in [2.05, 4.69) is 11.7 Å². The van der Waals surface area contributed by atoms with Crippen LogP contribution in [0.4, 0.5) is 22.0 Å². The summed E-state index contributed by atoms with van der Waals surface area (Å²) in [6, 6.07) is 10.2. The molecule has 1 saturated carbocycles. The molecule has 0 N–H and O–H groups in total. The lowest BCUT2D eigenvalue weighted by Gasteiger charge is -2.28. The Morgan fingerprint density at radius 2 is 1.75 bits per heavy atom. The Balaban J connectivity index is 1.59. The van der Waals surface area contributed by atoms with Gasteiger partial charge < -0.3 is 4.74 Å².